The van der Waals surface area contributed by atoms with E-state index in [1.165, 1.54) is 11.3 Å². The van der Waals surface area contributed by atoms with Crippen LogP contribution in [-0.4, -0.2) is 14.6 Å². The fraction of sp³-hybridized carbons (Fsp3) is 0.333. The molecule has 2 aromatic rings. The van der Waals surface area contributed by atoms with Crippen LogP contribution in [0.15, 0.2) is 12.1 Å². The van der Waals surface area contributed by atoms with Crippen molar-refractivity contribution in [1.29, 1.82) is 0 Å². The number of fused-ring (bicyclic) bond motifs is 1. The largest absolute Gasteiger partial charge is 0.284 e. The van der Waals surface area contributed by atoms with Crippen molar-refractivity contribution in [3.63, 3.8) is 0 Å². The molecule has 0 bridgehead atoms. The molecule has 0 fully saturated rings. The smallest absolute Gasteiger partial charge is 0.163 e. The van der Waals surface area contributed by atoms with Crippen molar-refractivity contribution in [2.24, 2.45) is 0 Å². The minimum atomic E-state index is 0.950. The van der Waals surface area contributed by atoms with Gasteiger partial charge in [0.05, 0.1) is 0 Å². The zero-order chi connectivity index (χ0) is 8.72. The molecule has 3 heteroatoms. The molecule has 2 rings (SSSR count). The molecule has 0 unspecified atom stereocenters. The first-order valence-electron chi connectivity index (χ1n) is 3.98. The maximum Gasteiger partial charge on any atom is 0.163 e. The Kier molecular flexibility index (Phi) is 1.40. The third kappa shape index (κ3) is 0.826. The van der Waals surface area contributed by atoms with Crippen LogP contribution in [0.1, 0.15) is 17.1 Å². The first kappa shape index (κ1) is 7.28. The van der Waals surface area contributed by atoms with Gasteiger partial charge in [-0.1, -0.05) is 6.07 Å². The van der Waals surface area contributed by atoms with E-state index in [0.717, 1.165) is 11.5 Å². The third-order valence-corrected chi connectivity index (χ3v) is 2.10. The summed E-state index contributed by atoms with van der Waals surface area (Å²) in [5.41, 5.74) is 3.31. The van der Waals surface area contributed by atoms with Gasteiger partial charge in [-0.2, -0.15) is 0 Å². The van der Waals surface area contributed by atoms with E-state index in [9.17, 15) is 0 Å². The summed E-state index contributed by atoms with van der Waals surface area (Å²) >= 11 is 0. The number of hydrogen-bond donors (Lipinski definition) is 0. The van der Waals surface area contributed by atoms with Crippen molar-refractivity contribution in [2.45, 2.75) is 20.8 Å². The second-order valence-corrected chi connectivity index (χ2v) is 3.06. The average molecular weight is 161 g/mol. The van der Waals surface area contributed by atoms with Crippen molar-refractivity contribution < 1.29 is 0 Å². The van der Waals surface area contributed by atoms with Gasteiger partial charge in [0.15, 0.2) is 5.65 Å². The molecule has 0 atom stereocenters. The number of rotatable bonds is 0. The molecule has 2 heterocycles. The normalized spacial score (nSPS) is 10.9. The summed E-state index contributed by atoms with van der Waals surface area (Å²) in [5.74, 6) is 0.950. The lowest BCUT2D eigenvalue weighted by atomic mass is 10.2. The van der Waals surface area contributed by atoms with Gasteiger partial charge in [-0.25, -0.2) is 0 Å². The van der Waals surface area contributed by atoms with Crippen LogP contribution in [0.5, 0.6) is 0 Å². The number of aromatic nitrogens is 3. The Labute approximate surface area is 71.1 Å². The van der Waals surface area contributed by atoms with E-state index < -0.39 is 0 Å². The van der Waals surface area contributed by atoms with E-state index in [-0.39, 0.29) is 0 Å². The van der Waals surface area contributed by atoms with Crippen molar-refractivity contribution in [3.05, 3.63) is 29.2 Å². The Balaban J connectivity index is 2.98. The minimum Gasteiger partial charge on any atom is -0.284 e. The third-order valence-electron chi connectivity index (χ3n) is 2.10. The predicted molar refractivity (Wildman–Crippen MR) is 47.2 cm³/mol. The van der Waals surface area contributed by atoms with Gasteiger partial charge >= 0.3 is 0 Å². The molecule has 0 saturated carbocycles. The molecule has 0 amide bonds. The Morgan fingerprint density at radius 1 is 1.08 bits per heavy atom. The zero-order valence-corrected chi connectivity index (χ0v) is 7.50. The van der Waals surface area contributed by atoms with E-state index in [1.807, 2.05) is 13.8 Å². The highest BCUT2D eigenvalue weighted by atomic mass is 15.2. The molecule has 0 spiro atoms. The molecule has 62 valence electrons. The van der Waals surface area contributed by atoms with Crippen molar-refractivity contribution in [2.75, 3.05) is 0 Å². The molecule has 3 nitrogen and oxygen atoms in total. The monoisotopic (exact) mass is 161 g/mol. The number of aryl methyl sites for hydroxylation is 3. The van der Waals surface area contributed by atoms with Crippen molar-refractivity contribution in [1.82, 2.24) is 14.6 Å². The summed E-state index contributed by atoms with van der Waals surface area (Å²) in [6.45, 7) is 6.07. The van der Waals surface area contributed by atoms with Gasteiger partial charge in [-0.15, -0.1) is 10.2 Å². The van der Waals surface area contributed by atoms with Crippen LogP contribution in [0.4, 0.5) is 0 Å². The molecule has 0 saturated heterocycles. The molecule has 0 aliphatic rings. The Morgan fingerprint density at radius 2 is 1.83 bits per heavy atom. The van der Waals surface area contributed by atoms with Crippen LogP contribution >= 0.6 is 0 Å². The van der Waals surface area contributed by atoms with Gasteiger partial charge in [-0.3, -0.25) is 4.40 Å². The van der Waals surface area contributed by atoms with Crippen LogP contribution in [0.2, 0.25) is 0 Å². The Hall–Kier alpha value is -1.38. The Bertz CT molecular complexity index is 429. The summed E-state index contributed by atoms with van der Waals surface area (Å²) in [5, 5.41) is 8.12. The fourth-order valence-corrected chi connectivity index (χ4v) is 1.43. The van der Waals surface area contributed by atoms with E-state index in [2.05, 4.69) is 33.7 Å². The molecule has 0 aliphatic heterocycles. The molecular formula is C9H11N3. The highest BCUT2D eigenvalue weighted by Gasteiger charge is 2.04. The lowest BCUT2D eigenvalue weighted by molar-refractivity contribution is 0.976. The predicted octanol–water partition coefficient (Wildman–Crippen LogP) is 1.65. The summed E-state index contributed by atoms with van der Waals surface area (Å²) in [6, 6.07) is 4.15. The molecule has 0 aromatic carbocycles. The van der Waals surface area contributed by atoms with Gasteiger partial charge in [0.2, 0.25) is 0 Å². The van der Waals surface area contributed by atoms with E-state index in [1.54, 1.807) is 0 Å². The summed E-state index contributed by atoms with van der Waals surface area (Å²) in [4.78, 5) is 0. The minimum absolute atomic E-state index is 0.950. The maximum atomic E-state index is 4.09. The molecule has 12 heavy (non-hydrogen) atoms. The van der Waals surface area contributed by atoms with Gasteiger partial charge in [0, 0.05) is 5.69 Å². The Morgan fingerprint density at radius 3 is 2.50 bits per heavy atom. The van der Waals surface area contributed by atoms with Crippen LogP contribution in [0.25, 0.3) is 5.65 Å². The highest BCUT2D eigenvalue weighted by Crippen LogP contribution is 2.11. The van der Waals surface area contributed by atoms with Gasteiger partial charge < -0.3 is 0 Å². The number of hydrogen-bond acceptors (Lipinski definition) is 2. The zero-order valence-electron chi connectivity index (χ0n) is 7.50. The maximum absolute atomic E-state index is 4.09. The van der Waals surface area contributed by atoms with Crippen LogP contribution < -0.4 is 0 Å². The second-order valence-electron chi connectivity index (χ2n) is 3.06. The molecule has 0 aliphatic carbocycles. The van der Waals surface area contributed by atoms with Crippen LogP contribution in [0, 0.1) is 20.8 Å². The van der Waals surface area contributed by atoms with E-state index in [4.69, 9.17) is 0 Å². The van der Waals surface area contributed by atoms with E-state index >= 15 is 0 Å². The quantitative estimate of drug-likeness (QED) is 0.588. The molecule has 0 radical (unpaired) electrons. The molecular weight excluding hydrogens is 150 g/mol. The van der Waals surface area contributed by atoms with Gasteiger partial charge in [0.25, 0.3) is 0 Å². The second kappa shape index (κ2) is 2.30. The average Bonchev–Trinajstić information content (AvgIpc) is 2.42. The molecule has 2 aromatic heterocycles. The standard InChI is InChI=1S/C9H11N3/c1-6-4-5-7(2)12-8(3)10-11-9(6)12/h4-5H,1-3H3. The van der Waals surface area contributed by atoms with Crippen LogP contribution in [-0.2, 0) is 0 Å². The van der Waals surface area contributed by atoms with E-state index in [0.29, 0.717) is 0 Å². The van der Waals surface area contributed by atoms with Crippen LogP contribution in [0.3, 0.4) is 0 Å². The van der Waals surface area contributed by atoms with Gasteiger partial charge in [0.1, 0.15) is 5.82 Å². The SMILES string of the molecule is Cc1ccc(C)n2c(C)nnc12. The van der Waals surface area contributed by atoms with Gasteiger partial charge in [-0.05, 0) is 32.4 Å². The summed E-state index contributed by atoms with van der Waals surface area (Å²) < 4.78 is 2.06. The lowest BCUT2D eigenvalue weighted by Crippen LogP contribution is -1.94. The topological polar surface area (TPSA) is 30.2 Å². The summed E-state index contributed by atoms with van der Waals surface area (Å²) in [7, 11) is 0. The number of nitrogens with zero attached hydrogens (tertiary/aromatic N) is 3. The highest BCUT2D eigenvalue weighted by molar-refractivity contribution is 5.47. The van der Waals surface area contributed by atoms with Crippen molar-refractivity contribution in [3.8, 4) is 0 Å². The molecule has 0 N–H and O–H groups in total. The number of pyridine rings is 1. The first-order valence-corrected chi connectivity index (χ1v) is 3.98. The fourth-order valence-electron chi connectivity index (χ4n) is 1.43. The first-order chi connectivity index (χ1) is 5.70. The van der Waals surface area contributed by atoms with Crippen molar-refractivity contribution >= 4 is 5.65 Å². The summed E-state index contributed by atoms with van der Waals surface area (Å²) in [6.07, 6.45) is 0. The lowest BCUT2D eigenvalue weighted by Gasteiger charge is -2.01.